The van der Waals surface area contributed by atoms with E-state index in [1.807, 2.05) is 47.4 Å². The van der Waals surface area contributed by atoms with Crippen molar-refractivity contribution in [1.29, 1.82) is 0 Å². The largest absolute Gasteiger partial charge is 0.335 e. The van der Waals surface area contributed by atoms with Crippen LogP contribution in [0.5, 0.6) is 0 Å². The Bertz CT molecular complexity index is 706. The number of amides is 2. The standard InChI is InChI=1S/C20H22N2O2/c1-15(23)21-18-9-7-16(8-10-18)13-20(24)22(19-11-12-19)14-17-5-3-2-4-6-17/h2-10,19H,11-14H2,1H3,(H,21,23). The van der Waals surface area contributed by atoms with Gasteiger partial charge in [0.05, 0.1) is 6.42 Å². The van der Waals surface area contributed by atoms with Crippen molar-refractivity contribution in [1.82, 2.24) is 4.90 Å². The highest BCUT2D eigenvalue weighted by Gasteiger charge is 2.32. The monoisotopic (exact) mass is 322 g/mol. The Balaban J connectivity index is 1.64. The van der Waals surface area contributed by atoms with E-state index in [0.717, 1.165) is 24.1 Å². The van der Waals surface area contributed by atoms with Crippen molar-refractivity contribution in [3.63, 3.8) is 0 Å². The lowest BCUT2D eigenvalue weighted by Gasteiger charge is -2.23. The summed E-state index contributed by atoms with van der Waals surface area (Å²) in [6.07, 6.45) is 2.59. The SMILES string of the molecule is CC(=O)Nc1ccc(CC(=O)N(Cc2ccccc2)C2CC2)cc1. The first-order valence-electron chi connectivity index (χ1n) is 8.32. The van der Waals surface area contributed by atoms with Crippen LogP contribution in [0.25, 0.3) is 0 Å². The molecule has 2 amide bonds. The number of benzene rings is 2. The summed E-state index contributed by atoms with van der Waals surface area (Å²) in [4.78, 5) is 25.8. The average Bonchev–Trinajstić information content (AvgIpc) is 3.40. The minimum Gasteiger partial charge on any atom is -0.335 e. The Hall–Kier alpha value is -2.62. The Morgan fingerprint density at radius 2 is 1.67 bits per heavy atom. The second-order valence-corrected chi connectivity index (χ2v) is 6.29. The van der Waals surface area contributed by atoms with Crippen LogP contribution < -0.4 is 5.32 Å². The molecule has 0 radical (unpaired) electrons. The third-order valence-corrected chi connectivity index (χ3v) is 4.13. The molecule has 0 spiro atoms. The van der Waals surface area contributed by atoms with E-state index in [1.165, 1.54) is 12.5 Å². The van der Waals surface area contributed by atoms with Crippen molar-refractivity contribution in [2.75, 3.05) is 5.32 Å². The number of hydrogen-bond acceptors (Lipinski definition) is 2. The Morgan fingerprint density at radius 1 is 1.00 bits per heavy atom. The van der Waals surface area contributed by atoms with Crippen LogP contribution in [0.15, 0.2) is 54.6 Å². The van der Waals surface area contributed by atoms with E-state index >= 15 is 0 Å². The van der Waals surface area contributed by atoms with Gasteiger partial charge in [-0.25, -0.2) is 0 Å². The van der Waals surface area contributed by atoms with E-state index in [9.17, 15) is 9.59 Å². The van der Waals surface area contributed by atoms with Crippen LogP contribution in [-0.4, -0.2) is 22.8 Å². The smallest absolute Gasteiger partial charge is 0.227 e. The summed E-state index contributed by atoms with van der Waals surface area (Å²) in [6.45, 7) is 2.16. The maximum atomic E-state index is 12.7. The van der Waals surface area contributed by atoms with Crippen molar-refractivity contribution in [2.45, 2.75) is 38.8 Å². The van der Waals surface area contributed by atoms with E-state index < -0.39 is 0 Å². The fourth-order valence-corrected chi connectivity index (χ4v) is 2.77. The van der Waals surface area contributed by atoms with Gasteiger partial charge < -0.3 is 10.2 Å². The zero-order valence-electron chi connectivity index (χ0n) is 13.9. The van der Waals surface area contributed by atoms with Gasteiger partial charge in [0.2, 0.25) is 11.8 Å². The number of nitrogens with zero attached hydrogens (tertiary/aromatic N) is 1. The summed E-state index contributed by atoms with van der Waals surface area (Å²) < 4.78 is 0. The first kappa shape index (κ1) is 16.2. The molecular formula is C20H22N2O2. The molecule has 3 rings (SSSR count). The Kier molecular flexibility index (Phi) is 4.94. The molecule has 124 valence electrons. The minimum absolute atomic E-state index is 0.0957. The summed E-state index contributed by atoms with van der Waals surface area (Å²) in [5, 5.41) is 2.73. The molecule has 0 bridgehead atoms. The number of carbonyl (C=O) groups is 2. The normalized spacial score (nSPS) is 13.4. The van der Waals surface area contributed by atoms with Crippen molar-refractivity contribution in [3.8, 4) is 0 Å². The van der Waals surface area contributed by atoms with Crippen molar-refractivity contribution >= 4 is 17.5 Å². The average molecular weight is 322 g/mol. The molecule has 1 aliphatic carbocycles. The highest BCUT2D eigenvalue weighted by Crippen LogP contribution is 2.29. The van der Waals surface area contributed by atoms with Gasteiger partial charge in [-0.3, -0.25) is 9.59 Å². The predicted octanol–water partition coefficient (Wildman–Crippen LogP) is 3.38. The molecule has 0 aliphatic heterocycles. The van der Waals surface area contributed by atoms with Crippen molar-refractivity contribution < 1.29 is 9.59 Å². The lowest BCUT2D eigenvalue weighted by atomic mass is 10.1. The molecule has 0 unspecified atom stereocenters. The second kappa shape index (κ2) is 7.30. The van der Waals surface area contributed by atoms with Gasteiger partial charge in [0.15, 0.2) is 0 Å². The lowest BCUT2D eigenvalue weighted by Crippen LogP contribution is -2.33. The summed E-state index contributed by atoms with van der Waals surface area (Å²) >= 11 is 0. The quantitative estimate of drug-likeness (QED) is 0.886. The summed E-state index contributed by atoms with van der Waals surface area (Å²) in [5.74, 6) is 0.0650. The van der Waals surface area contributed by atoms with Gasteiger partial charge in [-0.15, -0.1) is 0 Å². The van der Waals surface area contributed by atoms with Gasteiger partial charge in [-0.05, 0) is 36.1 Å². The lowest BCUT2D eigenvalue weighted by molar-refractivity contribution is -0.131. The number of carbonyl (C=O) groups excluding carboxylic acids is 2. The van der Waals surface area contributed by atoms with Gasteiger partial charge in [0, 0.05) is 25.2 Å². The molecule has 4 nitrogen and oxygen atoms in total. The Labute approximate surface area is 142 Å². The van der Waals surface area contributed by atoms with Crippen LogP contribution >= 0.6 is 0 Å². The van der Waals surface area contributed by atoms with Crippen molar-refractivity contribution in [3.05, 3.63) is 65.7 Å². The van der Waals surface area contributed by atoms with Crippen LogP contribution in [-0.2, 0) is 22.6 Å². The van der Waals surface area contributed by atoms with E-state index in [-0.39, 0.29) is 11.8 Å². The zero-order valence-corrected chi connectivity index (χ0v) is 13.9. The number of rotatable bonds is 6. The number of hydrogen-bond donors (Lipinski definition) is 1. The topological polar surface area (TPSA) is 49.4 Å². The minimum atomic E-state index is -0.0957. The van der Waals surface area contributed by atoms with E-state index in [4.69, 9.17) is 0 Å². The number of anilines is 1. The molecule has 2 aromatic carbocycles. The molecular weight excluding hydrogens is 300 g/mol. The molecule has 0 heterocycles. The van der Waals surface area contributed by atoms with Crippen LogP contribution in [0.4, 0.5) is 5.69 Å². The predicted molar refractivity (Wildman–Crippen MR) is 94.5 cm³/mol. The summed E-state index contributed by atoms with van der Waals surface area (Å²) in [7, 11) is 0. The maximum Gasteiger partial charge on any atom is 0.227 e. The summed E-state index contributed by atoms with van der Waals surface area (Å²) in [6, 6.07) is 18.0. The van der Waals surface area contributed by atoms with E-state index in [2.05, 4.69) is 17.4 Å². The van der Waals surface area contributed by atoms with E-state index in [1.54, 1.807) is 0 Å². The molecule has 0 atom stereocenters. The molecule has 2 aromatic rings. The molecule has 24 heavy (non-hydrogen) atoms. The molecule has 1 N–H and O–H groups in total. The van der Waals surface area contributed by atoms with Gasteiger partial charge in [0.1, 0.15) is 0 Å². The number of nitrogens with one attached hydrogen (secondary N) is 1. The first-order valence-corrected chi connectivity index (χ1v) is 8.32. The molecule has 0 saturated heterocycles. The molecule has 1 saturated carbocycles. The third-order valence-electron chi connectivity index (χ3n) is 4.13. The maximum absolute atomic E-state index is 12.7. The summed E-state index contributed by atoms with van der Waals surface area (Å²) in [5.41, 5.74) is 2.88. The third kappa shape index (κ3) is 4.44. The zero-order chi connectivity index (χ0) is 16.9. The highest BCUT2D eigenvalue weighted by atomic mass is 16.2. The molecule has 1 fully saturated rings. The molecule has 4 heteroatoms. The van der Waals surface area contributed by atoms with Gasteiger partial charge in [-0.1, -0.05) is 42.5 Å². The molecule has 0 aromatic heterocycles. The van der Waals surface area contributed by atoms with Crippen LogP contribution in [0, 0.1) is 0 Å². The van der Waals surface area contributed by atoms with Gasteiger partial charge in [0.25, 0.3) is 0 Å². The fraction of sp³-hybridized carbons (Fsp3) is 0.300. The second-order valence-electron chi connectivity index (χ2n) is 6.29. The fourth-order valence-electron chi connectivity index (χ4n) is 2.77. The first-order chi connectivity index (χ1) is 11.6. The Morgan fingerprint density at radius 3 is 2.25 bits per heavy atom. The van der Waals surface area contributed by atoms with Gasteiger partial charge in [-0.2, -0.15) is 0 Å². The van der Waals surface area contributed by atoms with Gasteiger partial charge >= 0.3 is 0 Å². The molecule has 1 aliphatic rings. The highest BCUT2D eigenvalue weighted by molar-refractivity contribution is 5.88. The van der Waals surface area contributed by atoms with E-state index in [0.29, 0.717) is 19.0 Å². The van der Waals surface area contributed by atoms with Crippen LogP contribution in [0.1, 0.15) is 30.9 Å². The van der Waals surface area contributed by atoms with Crippen molar-refractivity contribution in [2.24, 2.45) is 0 Å². The van der Waals surface area contributed by atoms with Crippen LogP contribution in [0.3, 0.4) is 0 Å². The van der Waals surface area contributed by atoms with Crippen LogP contribution in [0.2, 0.25) is 0 Å².